The first kappa shape index (κ1) is 22.5. The average molecular weight is 392 g/mol. The fourth-order valence-electron chi connectivity index (χ4n) is 3.22. The van der Waals surface area contributed by atoms with E-state index < -0.39 is 30.3 Å². The van der Waals surface area contributed by atoms with Gasteiger partial charge in [-0.2, -0.15) is 0 Å². The molecule has 8 heteroatoms. The molecule has 1 aliphatic heterocycles. The number of carbonyl (C=O) groups is 2. The van der Waals surface area contributed by atoms with E-state index in [1.807, 2.05) is 27.7 Å². The molecule has 28 heavy (non-hydrogen) atoms. The van der Waals surface area contributed by atoms with Crippen molar-refractivity contribution in [1.29, 1.82) is 0 Å². The van der Waals surface area contributed by atoms with E-state index in [4.69, 9.17) is 14.1 Å². The summed E-state index contributed by atoms with van der Waals surface area (Å²) >= 11 is 0. The molecule has 1 saturated heterocycles. The quantitative estimate of drug-likeness (QED) is 0.629. The van der Waals surface area contributed by atoms with E-state index >= 15 is 0 Å². The number of hydrogen-bond donors (Lipinski definition) is 1. The van der Waals surface area contributed by atoms with E-state index in [0.29, 0.717) is 5.69 Å². The first-order chi connectivity index (χ1) is 12.6. The molecule has 0 atom stereocenters. The SMILES string of the molecule is COC(=O)c1cc(B2NC(C)(C)C(C)(C)O2)c(C(C)C)n1C(=O)OC(C)(C)C. The largest absolute Gasteiger partial charge is 0.464 e. The average Bonchev–Trinajstić information content (AvgIpc) is 3.00. The van der Waals surface area contributed by atoms with Gasteiger partial charge in [-0.3, -0.25) is 0 Å². The molecule has 156 valence electrons. The van der Waals surface area contributed by atoms with Crippen molar-refractivity contribution in [2.24, 2.45) is 0 Å². The van der Waals surface area contributed by atoms with Crippen LogP contribution in [0.1, 0.15) is 84.4 Å². The predicted octanol–water partition coefficient (Wildman–Crippen LogP) is 3.05. The monoisotopic (exact) mass is 392 g/mol. The Labute approximate surface area is 168 Å². The minimum Gasteiger partial charge on any atom is -0.464 e. The fraction of sp³-hybridized carbons (Fsp3) is 0.700. The highest BCUT2D eigenvalue weighted by molar-refractivity contribution is 6.66. The molecule has 1 aromatic rings. The Bertz CT molecular complexity index is 758. The van der Waals surface area contributed by atoms with Crippen molar-refractivity contribution >= 4 is 24.6 Å². The summed E-state index contributed by atoms with van der Waals surface area (Å²) in [6.07, 6.45) is -0.612. The summed E-state index contributed by atoms with van der Waals surface area (Å²) in [5.41, 5.74) is 0.0929. The highest BCUT2D eigenvalue weighted by Crippen LogP contribution is 2.32. The molecule has 0 bridgehead atoms. The van der Waals surface area contributed by atoms with Gasteiger partial charge in [-0.15, -0.1) is 0 Å². The number of carbonyl (C=O) groups excluding carboxylic acids is 2. The van der Waals surface area contributed by atoms with Crippen LogP contribution in [0.3, 0.4) is 0 Å². The van der Waals surface area contributed by atoms with Crippen LogP contribution in [0.2, 0.25) is 0 Å². The molecular formula is C20H33BN2O5. The number of methoxy groups -OCH3 is 1. The van der Waals surface area contributed by atoms with Gasteiger partial charge in [0, 0.05) is 11.2 Å². The molecule has 2 rings (SSSR count). The smallest absolute Gasteiger partial charge is 0.419 e. The maximum absolute atomic E-state index is 13.0. The number of rotatable bonds is 3. The maximum atomic E-state index is 13.0. The van der Waals surface area contributed by atoms with Gasteiger partial charge in [0.15, 0.2) is 0 Å². The summed E-state index contributed by atoms with van der Waals surface area (Å²) in [5, 5.41) is 3.48. The Balaban J connectivity index is 2.65. The van der Waals surface area contributed by atoms with Gasteiger partial charge >= 0.3 is 19.1 Å². The molecule has 0 amide bonds. The van der Waals surface area contributed by atoms with Crippen LogP contribution in [0, 0.1) is 0 Å². The third-order valence-corrected chi connectivity index (χ3v) is 5.28. The molecule has 2 heterocycles. The topological polar surface area (TPSA) is 78.8 Å². The zero-order valence-corrected chi connectivity index (χ0v) is 18.7. The third-order valence-electron chi connectivity index (χ3n) is 5.28. The van der Waals surface area contributed by atoms with Gasteiger partial charge in [0.2, 0.25) is 0 Å². The minimum atomic E-state index is -0.699. The van der Waals surface area contributed by atoms with E-state index in [0.717, 1.165) is 5.46 Å². The number of nitrogens with zero attached hydrogens (tertiary/aromatic N) is 1. The number of aromatic nitrogens is 1. The molecule has 7 nitrogen and oxygen atoms in total. The van der Waals surface area contributed by atoms with Crippen molar-refractivity contribution in [2.45, 2.75) is 85.0 Å². The summed E-state index contributed by atoms with van der Waals surface area (Å²) in [6.45, 7) is 17.4. The normalized spacial score (nSPS) is 18.5. The van der Waals surface area contributed by atoms with Crippen LogP contribution in [-0.2, 0) is 14.1 Å². The van der Waals surface area contributed by atoms with Gasteiger partial charge in [0.1, 0.15) is 11.3 Å². The van der Waals surface area contributed by atoms with Crippen LogP contribution in [0.5, 0.6) is 0 Å². The van der Waals surface area contributed by atoms with E-state index in [1.165, 1.54) is 11.7 Å². The van der Waals surface area contributed by atoms with Crippen LogP contribution < -0.4 is 10.7 Å². The minimum absolute atomic E-state index is 0.0573. The van der Waals surface area contributed by atoms with Crippen LogP contribution >= 0.6 is 0 Å². The number of nitrogens with one attached hydrogen (secondary N) is 1. The highest BCUT2D eigenvalue weighted by Gasteiger charge is 2.51. The Morgan fingerprint density at radius 1 is 1.21 bits per heavy atom. The van der Waals surface area contributed by atoms with Gasteiger partial charge in [0.05, 0.1) is 12.7 Å². The Kier molecular flexibility index (Phi) is 5.81. The zero-order valence-electron chi connectivity index (χ0n) is 18.7. The molecule has 1 aromatic heterocycles. The van der Waals surface area contributed by atoms with Crippen LogP contribution in [0.4, 0.5) is 4.79 Å². The molecular weight excluding hydrogens is 359 g/mol. The maximum Gasteiger partial charge on any atom is 0.419 e. The Morgan fingerprint density at radius 3 is 2.18 bits per heavy atom. The Hall–Kier alpha value is -1.80. The Morgan fingerprint density at radius 2 is 1.79 bits per heavy atom. The molecule has 1 fully saturated rings. The number of hydrogen-bond acceptors (Lipinski definition) is 6. The lowest BCUT2D eigenvalue weighted by molar-refractivity contribution is 0.0478. The van der Waals surface area contributed by atoms with Gasteiger partial charge in [-0.1, -0.05) is 13.8 Å². The first-order valence-electron chi connectivity index (χ1n) is 9.64. The van der Waals surface area contributed by atoms with E-state index in [-0.39, 0.29) is 17.2 Å². The van der Waals surface area contributed by atoms with Crippen molar-refractivity contribution in [2.75, 3.05) is 7.11 Å². The van der Waals surface area contributed by atoms with Crippen LogP contribution in [-0.4, -0.2) is 47.5 Å². The van der Waals surface area contributed by atoms with Crippen molar-refractivity contribution < 1.29 is 23.7 Å². The highest BCUT2D eigenvalue weighted by atomic mass is 16.6. The molecule has 1 N–H and O–H groups in total. The lowest BCUT2D eigenvalue weighted by Gasteiger charge is -2.33. The molecule has 0 aromatic carbocycles. The first-order valence-corrected chi connectivity index (χ1v) is 9.64. The summed E-state index contributed by atoms with van der Waals surface area (Å²) < 4.78 is 18.1. The lowest BCUT2D eigenvalue weighted by Crippen LogP contribution is -2.52. The fourth-order valence-corrected chi connectivity index (χ4v) is 3.22. The van der Waals surface area contributed by atoms with Gasteiger partial charge in [0.25, 0.3) is 0 Å². The standard InChI is InChI=1S/C20H33BN2O5/c1-12(2)15-13(21-22-19(6,7)20(8,9)28-21)11-14(16(24)26-10)23(15)17(25)27-18(3,4)5/h11-12,22H,1-10H3. The zero-order chi connectivity index (χ0) is 21.7. The van der Waals surface area contributed by atoms with Crippen molar-refractivity contribution in [3.05, 3.63) is 17.5 Å². The number of ether oxygens (including phenoxy) is 2. The van der Waals surface area contributed by atoms with E-state index in [2.05, 4.69) is 19.1 Å². The van der Waals surface area contributed by atoms with Crippen molar-refractivity contribution in [3.63, 3.8) is 0 Å². The lowest BCUT2D eigenvalue weighted by atomic mass is 9.71. The molecule has 0 aliphatic carbocycles. The van der Waals surface area contributed by atoms with E-state index in [9.17, 15) is 9.59 Å². The molecule has 1 aliphatic rings. The second-order valence-corrected chi connectivity index (χ2v) is 9.61. The van der Waals surface area contributed by atoms with Crippen LogP contribution in [0.25, 0.3) is 0 Å². The van der Waals surface area contributed by atoms with Crippen molar-refractivity contribution in [3.8, 4) is 0 Å². The number of esters is 1. The molecule has 0 unspecified atom stereocenters. The summed E-state index contributed by atoms with van der Waals surface area (Å²) in [6, 6.07) is 1.67. The summed E-state index contributed by atoms with van der Waals surface area (Å²) in [5.74, 6) is -0.659. The van der Waals surface area contributed by atoms with Crippen molar-refractivity contribution in [1.82, 2.24) is 9.79 Å². The van der Waals surface area contributed by atoms with E-state index in [1.54, 1.807) is 26.8 Å². The van der Waals surface area contributed by atoms with Gasteiger partial charge in [-0.25, -0.2) is 14.2 Å². The second-order valence-electron chi connectivity index (χ2n) is 9.61. The molecule has 0 saturated carbocycles. The third kappa shape index (κ3) is 4.13. The summed E-state index contributed by atoms with van der Waals surface area (Å²) in [7, 11) is 0.828. The second kappa shape index (κ2) is 7.23. The van der Waals surface area contributed by atoms with Crippen LogP contribution in [0.15, 0.2) is 6.07 Å². The molecule has 0 spiro atoms. The van der Waals surface area contributed by atoms with Gasteiger partial charge < -0.3 is 19.4 Å². The summed E-state index contributed by atoms with van der Waals surface area (Å²) in [4.78, 5) is 25.4. The molecule has 0 radical (unpaired) electrons. The van der Waals surface area contributed by atoms with Gasteiger partial charge in [-0.05, 0) is 65.9 Å². The predicted molar refractivity (Wildman–Crippen MR) is 109 cm³/mol.